The van der Waals surface area contributed by atoms with Crippen LogP contribution in [0.2, 0.25) is 0 Å². The van der Waals surface area contributed by atoms with Gasteiger partial charge in [0.15, 0.2) is 0 Å². The smallest absolute Gasteiger partial charge is 0.113 e. The van der Waals surface area contributed by atoms with Crippen LogP contribution in [0, 0.1) is 0 Å². The number of halogens is 1. The molecule has 12 heavy (non-hydrogen) atoms. The van der Waals surface area contributed by atoms with Gasteiger partial charge in [-0.05, 0) is 15.5 Å². The minimum absolute atomic E-state index is 0.229. The van der Waals surface area contributed by atoms with Crippen molar-refractivity contribution in [2.75, 3.05) is 26.2 Å². The van der Waals surface area contributed by atoms with Crippen molar-refractivity contribution in [3.63, 3.8) is 0 Å². The van der Waals surface area contributed by atoms with Crippen molar-refractivity contribution in [3.8, 4) is 0 Å². The minimum Gasteiger partial charge on any atom is -0.262 e. The minimum atomic E-state index is -0.229. The summed E-state index contributed by atoms with van der Waals surface area (Å²) in [5, 5.41) is 0. The van der Waals surface area contributed by atoms with Crippen LogP contribution < -0.4 is 0 Å². The fourth-order valence-corrected chi connectivity index (χ4v) is 5.08. The first-order valence-corrected chi connectivity index (χ1v) is 7.93. The van der Waals surface area contributed by atoms with Crippen LogP contribution in [-0.4, -0.2) is 35.5 Å². The quantitative estimate of drug-likeness (QED) is 0.672. The molecule has 0 spiro atoms. The molecule has 0 fully saturated rings. The van der Waals surface area contributed by atoms with Crippen LogP contribution in [0.15, 0.2) is 0 Å². The fourth-order valence-electron chi connectivity index (χ4n) is 1.09. The molecule has 0 aromatic rings. The Labute approximate surface area is 85.9 Å². The molecule has 0 unspecified atom stereocenters. The number of rotatable bonds is 6. The van der Waals surface area contributed by atoms with Gasteiger partial charge < -0.3 is 0 Å². The van der Waals surface area contributed by atoms with Gasteiger partial charge in [-0.3, -0.25) is 9.34 Å². The first-order chi connectivity index (χ1) is 5.71. The summed E-state index contributed by atoms with van der Waals surface area (Å²) in [6, 6.07) is 0. The lowest BCUT2D eigenvalue weighted by molar-refractivity contribution is 0.436. The number of hydrogen-bond acceptors (Lipinski definition) is 2. The molecule has 2 nitrogen and oxygen atoms in total. The third-order valence-electron chi connectivity index (χ3n) is 1.93. The summed E-state index contributed by atoms with van der Waals surface area (Å²) in [6.45, 7) is 13.1. The average Bonchev–Trinajstić information content (AvgIpc) is 2.09. The van der Waals surface area contributed by atoms with Crippen molar-refractivity contribution in [3.05, 3.63) is 0 Å². The van der Waals surface area contributed by atoms with E-state index < -0.39 is 0 Å². The third kappa shape index (κ3) is 3.69. The molecule has 0 aromatic heterocycles. The molecule has 74 valence electrons. The van der Waals surface area contributed by atoms with Gasteiger partial charge in [-0.2, -0.15) is 0 Å². The standard InChI is InChI=1S/C8H20BrN2P/c1-5-10(6-2)12(9)11(7-3)8-4/h5-8H2,1-4H3. The van der Waals surface area contributed by atoms with Gasteiger partial charge in [0.25, 0.3) is 0 Å². The Balaban J connectivity index is 4.02. The Hall–Kier alpha value is 0.830. The molecule has 0 aliphatic rings. The maximum absolute atomic E-state index is 3.77. The zero-order valence-corrected chi connectivity index (χ0v) is 11.0. The van der Waals surface area contributed by atoms with Crippen molar-refractivity contribution in [1.82, 2.24) is 9.34 Å². The van der Waals surface area contributed by atoms with Gasteiger partial charge >= 0.3 is 0 Å². The second-order valence-electron chi connectivity index (χ2n) is 2.52. The van der Waals surface area contributed by atoms with E-state index in [1.807, 2.05) is 0 Å². The Bertz CT molecular complexity index is 93.2. The summed E-state index contributed by atoms with van der Waals surface area (Å²) in [6.07, 6.45) is 0. The maximum atomic E-state index is 3.77. The van der Waals surface area contributed by atoms with Gasteiger partial charge in [0.05, 0.1) is 0 Å². The second kappa shape index (κ2) is 7.25. The van der Waals surface area contributed by atoms with E-state index in [-0.39, 0.29) is 6.93 Å². The van der Waals surface area contributed by atoms with Crippen LogP contribution in [0.5, 0.6) is 0 Å². The fraction of sp³-hybridized carbons (Fsp3) is 1.00. The van der Waals surface area contributed by atoms with Crippen LogP contribution >= 0.6 is 22.4 Å². The normalized spacial score (nSPS) is 12.0. The maximum Gasteiger partial charge on any atom is 0.113 e. The zero-order valence-electron chi connectivity index (χ0n) is 8.55. The monoisotopic (exact) mass is 254 g/mol. The van der Waals surface area contributed by atoms with Crippen molar-refractivity contribution in [2.45, 2.75) is 27.7 Å². The van der Waals surface area contributed by atoms with Crippen LogP contribution in [0.4, 0.5) is 0 Å². The van der Waals surface area contributed by atoms with Crippen molar-refractivity contribution >= 4 is 22.4 Å². The van der Waals surface area contributed by atoms with E-state index in [2.05, 4.69) is 52.5 Å². The summed E-state index contributed by atoms with van der Waals surface area (Å²) in [5.41, 5.74) is 0. The third-order valence-corrected chi connectivity index (χ3v) is 6.68. The van der Waals surface area contributed by atoms with Gasteiger partial charge in [0.2, 0.25) is 0 Å². The summed E-state index contributed by atoms with van der Waals surface area (Å²) in [5.74, 6) is 0. The number of nitrogens with zero attached hydrogens (tertiary/aromatic N) is 2. The van der Waals surface area contributed by atoms with E-state index in [1.54, 1.807) is 0 Å². The van der Waals surface area contributed by atoms with E-state index in [4.69, 9.17) is 0 Å². The molecule has 0 rings (SSSR count). The Kier molecular flexibility index (Phi) is 7.76. The van der Waals surface area contributed by atoms with Gasteiger partial charge in [0.1, 0.15) is 6.93 Å². The lowest BCUT2D eigenvalue weighted by Gasteiger charge is -2.32. The van der Waals surface area contributed by atoms with Gasteiger partial charge in [-0.25, -0.2) is 0 Å². The Morgan fingerprint density at radius 3 is 1.25 bits per heavy atom. The highest BCUT2D eigenvalue weighted by molar-refractivity contribution is 9.38. The van der Waals surface area contributed by atoms with E-state index >= 15 is 0 Å². The summed E-state index contributed by atoms with van der Waals surface area (Å²) < 4.78 is 4.92. The van der Waals surface area contributed by atoms with E-state index in [0.717, 1.165) is 26.2 Å². The highest BCUT2D eigenvalue weighted by atomic mass is 79.9. The Morgan fingerprint density at radius 1 is 0.833 bits per heavy atom. The zero-order chi connectivity index (χ0) is 9.56. The van der Waals surface area contributed by atoms with Gasteiger partial charge in [-0.1, -0.05) is 27.7 Å². The van der Waals surface area contributed by atoms with E-state index in [9.17, 15) is 0 Å². The molecule has 0 amide bonds. The van der Waals surface area contributed by atoms with Crippen LogP contribution in [0.25, 0.3) is 0 Å². The second-order valence-corrected chi connectivity index (χ2v) is 6.03. The largest absolute Gasteiger partial charge is 0.262 e. The molecule has 0 atom stereocenters. The van der Waals surface area contributed by atoms with Crippen molar-refractivity contribution in [1.29, 1.82) is 0 Å². The first kappa shape index (κ1) is 12.8. The molecule has 0 radical (unpaired) electrons. The lowest BCUT2D eigenvalue weighted by Crippen LogP contribution is -2.26. The average molecular weight is 255 g/mol. The molecule has 0 aliphatic carbocycles. The molecular weight excluding hydrogens is 235 g/mol. The van der Waals surface area contributed by atoms with Crippen LogP contribution in [0.1, 0.15) is 27.7 Å². The molecule has 4 heteroatoms. The van der Waals surface area contributed by atoms with E-state index in [1.165, 1.54) is 0 Å². The van der Waals surface area contributed by atoms with Crippen LogP contribution in [-0.2, 0) is 0 Å². The lowest BCUT2D eigenvalue weighted by atomic mass is 10.7. The molecule has 0 N–H and O–H groups in total. The molecule has 0 saturated heterocycles. The molecule has 0 aromatic carbocycles. The van der Waals surface area contributed by atoms with E-state index in [0.29, 0.717) is 0 Å². The van der Waals surface area contributed by atoms with Crippen molar-refractivity contribution in [2.24, 2.45) is 0 Å². The number of hydrogen-bond donors (Lipinski definition) is 0. The summed E-state index contributed by atoms with van der Waals surface area (Å²) in [7, 11) is 0. The molecule has 0 aliphatic heterocycles. The van der Waals surface area contributed by atoms with Gasteiger partial charge in [-0.15, -0.1) is 0 Å². The highest BCUT2D eigenvalue weighted by Gasteiger charge is 2.17. The molecule has 0 bridgehead atoms. The molecular formula is C8H20BrN2P. The van der Waals surface area contributed by atoms with Crippen LogP contribution in [0.3, 0.4) is 0 Å². The molecule has 0 saturated carbocycles. The first-order valence-electron chi connectivity index (χ1n) is 4.66. The highest BCUT2D eigenvalue weighted by Crippen LogP contribution is 2.50. The topological polar surface area (TPSA) is 6.48 Å². The molecule has 0 heterocycles. The Morgan fingerprint density at radius 2 is 1.08 bits per heavy atom. The predicted octanol–water partition coefficient (Wildman–Crippen LogP) is 3.29. The summed E-state index contributed by atoms with van der Waals surface area (Å²) in [4.78, 5) is 0. The van der Waals surface area contributed by atoms with Gasteiger partial charge in [0, 0.05) is 26.2 Å². The summed E-state index contributed by atoms with van der Waals surface area (Å²) >= 11 is 3.77. The SMILES string of the molecule is CCN(CC)P(Br)N(CC)CC. The van der Waals surface area contributed by atoms with Crippen molar-refractivity contribution < 1.29 is 0 Å². The predicted molar refractivity (Wildman–Crippen MR) is 61.7 cm³/mol.